The van der Waals surface area contributed by atoms with Crippen LogP contribution in [-0.4, -0.2) is 57.7 Å². The molecule has 4 rings (SSSR count). The number of benzene rings is 1. The van der Waals surface area contributed by atoms with E-state index in [1.165, 1.54) is 34.5 Å². The van der Waals surface area contributed by atoms with E-state index >= 15 is 0 Å². The normalized spacial score (nSPS) is 20.4. The van der Waals surface area contributed by atoms with Gasteiger partial charge in [-0.15, -0.1) is 11.3 Å². The molecule has 192 valence electrons. The van der Waals surface area contributed by atoms with Crippen LogP contribution in [0.2, 0.25) is 0 Å². The van der Waals surface area contributed by atoms with Gasteiger partial charge in [0.05, 0.1) is 10.7 Å². The molecule has 5 nitrogen and oxygen atoms in total. The first kappa shape index (κ1) is 26.2. The summed E-state index contributed by atoms with van der Waals surface area (Å²) in [7, 11) is 0. The molecule has 0 unspecified atom stereocenters. The van der Waals surface area contributed by atoms with Crippen molar-refractivity contribution < 1.29 is 9.90 Å². The fourth-order valence-electron chi connectivity index (χ4n) is 5.72. The van der Waals surface area contributed by atoms with Crippen LogP contribution in [0.1, 0.15) is 96.2 Å². The molecule has 0 saturated carbocycles. The van der Waals surface area contributed by atoms with E-state index in [1.807, 2.05) is 20.8 Å². The lowest BCUT2D eigenvalue weighted by atomic mass is 9.63. The molecule has 6 heteroatoms. The molecule has 1 fully saturated rings. The summed E-state index contributed by atoms with van der Waals surface area (Å²) in [4.78, 5) is 20.7. The number of amides is 1. The number of hydrogen-bond acceptors (Lipinski definition) is 4. The summed E-state index contributed by atoms with van der Waals surface area (Å²) in [6.45, 7) is 18.7. The van der Waals surface area contributed by atoms with Crippen molar-refractivity contribution in [3.05, 3.63) is 39.7 Å². The highest BCUT2D eigenvalue weighted by Gasteiger charge is 2.37. The fourth-order valence-corrected chi connectivity index (χ4v) is 6.72. The van der Waals surface area contributed by atoms with Crippen molar-refractivity contribution in [3.63, 3.8) is 0 Å². The third-order valence-corrected chi connectivity index (χ3v) is 9.30. The zero-order valence-electron chi connectivity index (χ0n) is 22.6. The first-order chi connectivity index (χ1) is 16.3. The average molecular weight is 498 g/mol. The van der Waals surface area contributed by atoms with Gasteiger partial charge in [-0.05, 0) is 87.6 Å². The first-order valence-corrected chi connectivity index (χ1v) is 14.0. The summed E-state index contributed by atoms with van der Waals surface area (Å²) >= 11 is 1.80. The van der Waals surface area contributed by atoms with Crippen LogP contribution in [0.3, 0.4) is 0 Å². The minimum atomic E-state index is -0.836. The zero-order chi connectivity index (χ0) is 25.6. The van der Waals surface area contributed by atoms with Gasteiger partial charge < -0.3 is 14.9 Å². The van der Waals surface area contributed by atoms with Gasteiger partial charge in [0.2, 0.25) is 0 Å². The molecular weight excluding hydrogens is 454 g/mol. The van der Waals surface area contributed by atoms with Crippen LogP contribution in [0, 0.1) is 0 Å². The summed E-state index contributed by atoms with van der Waals surface area (Å²) < 4.78 is 0. The van der Waals surface area contributed by atoms with Gasteiger partial charge in [-0.25, -0.2) is 9.78 Å². The van der Waals surface area contributed by atoms with Crippen LogP contribution in [-0.2, 0) is 10.8 Å². The third kappa shape index (κ3) is 5.59. The van der Waals surface area contributed by atoms with E-state index in [9.17, 15) is 9.90 Å². The molecule has 0 atom stereocenters. The van der Waals surface area contributed by atoms with E-state index in [2.05, 4.69) is 56.2 Å². The average Bonchev–Trinajstić information content (AvgIpc) is 3.26. The molecule has 2 aromatic rings. The SMILES string of the molecule is CC1(C)CCC(C)(C)c2cc(-c3csc(C4CCN(CCN(C(=O)O)C(C)(C)C)CC4)n3)ccc21. The van der Waals surface area contributed by atoms with Crippen molar-refractivity contribution in [2.24, 2.45) is 0 Å². The van der Waals surface area contributed by atoms with Crippen molar-refractivity contribution in [2.75, 3.05) is 26.2 Å². The Balaban J connectivity index is 1.40. The monoisotopic (exact) mass is 497 g/mol. The first-order valence-electron chi connectivity index (χ1n) is 13.1. The molecule has 2 heterocycles. The summed E-state index contributed by atoms with van der Waals surface area (Å²) in [5.41, 5.74) is 5.40. The van der Waals surface area contributed by atoms with Gasteiger partial charge in [-0.2, -0.15) is 0 Å². The smallest absolute Gasteiger partial charge is 0.407 e. The third-order valence-electron chi connectivity index (χ3n) is 8.29. The zero-order valence-corrected chi connectivity index (χ0v) is 23.5. The van der Waals surface area contributed by atoms with Crippen LogP contribution in [0.4, 0.5) is 4.79 Å². The van der Waals surface area contributed by atoms with Crippen molar-refractivity contribution in [2.45, 2.75) is 96.4 Å². The van der Waals surface area contributed by atoms with Crippen molar-refractivity contribution in [3.8, 4) is 11.3 Å². The van der Waals surface area contributed by atoms with Gasteiger partial charge >= 0.3 is 6.09 Å². The molecular formula is C29H43N3O2S. The van der Waals surface area contributed by atoms with Crippen molar-refractivity contribution in [1.29, 1.82) is 0 Å². The molecule has 1 N–H and O–H groups in total. The lowest BCUT2D eigenvalue weighted by molar-refractivity contribution is 0.0872. The van der Waals surface area contributed by atoms with Gasteiger partial charge in [0, 0.05) is 35.5 Å². The molecule has 1 aromatic heterocycles. The topological polar surface area (TPSA) is 56.7 Å². The Labute approximate surface area is 215 Å². The van der Waals surface area contributed by atoms with E-state index in [0.717, 1.165) is 38.2 Å². The van der Waals surface area contributed by atoms with E-state index in [-0.39, 0.29) is 16.4 Å². The fraction of sp³-hybridized carbons (Fsp3) is 0.655. The number of carbonyl (C=O) groups is 1. The highest BCUT2D eigenvalue weighted by Crippen LogP contribution is 2.47. The standard InChI is InChI=1S/C29H43N3O2S/c1-27(2,3)32(26(33)34)17-16-31-14-10-20(11-15-31)25-30-24(19-35-25)21-8-9-22-23(18-21)29(6,7)13-12-28(22,4)5/h8-9,18-20H,10-17H2,1-7H3,(H,33,34). The second-order valence-electron chi connectivity index (χ2n) is 12.8. The number of thiazole rings is 1. The number of piperidine rings is 1. The number of carboxylic acid groups (broad SMARTS) is 1. The van der Waals surface area contributed by atoms with Gasteiger partial charge in [0.1, 0.15) is 0 Å². The summed E-state index contributed by atoms with van der Waals surface area (Å²) in [6.07, 6.45) is 3.78. The Morgan fingerprint density at radius 3 is 2.34 bits per heavy atom. The molecule has 0 spiro atoms. The second kappa shape index (κ2) is 9.51. The maximum atomic E-state index is 11.6. The molecule has 1 aromatic carbocycles. The van der Waals surface area contributed by atoms with E-state index in [4.69, 9.17) is 4.98 Å². The van der Waals surface area contributed by atoms with Crippen LogP contribution >= 0.6 is 11.3 Å². The van der Waals surface area contributed by atoms with Gasteiger partial charge in [-0.1, -0.05) is 39.8 Å². The number of aromatic nitrogens is 1. The summed E-state index contributed by atoms with van der Waals surface area (Å²) in [5, 5.41) is 13.0. The molecule has 2 aliphatic rings. The van der Waals surface area contributed by atoms with Crippen LogP contribution in [0.5, 0.6) is 0 Å². The van der Waals surface area contributed by atoms with Gasteiger partial charge in [0.15, 0.2) is 0 Å². The lowest BCUT2D eigenvalue weighted by Gasteiger charge is -2.42. The minimum Gasteiger partial charge on any atom is -0.465 e. The van der Waals surface area contributed by atoms with Gasteiger partial charge in [-0.3, -0.25) is 0 Å². The summed E-state index contributed by atoms with van der Waals surface area (Å²) in [6, 6.07) is 7.02. The Hall–Kier alpha value is -1.92. The molecule has 35 heavy (non-hydrogen) atoms. The second-order valence-corrected chi connectivity index (χ2v) is 13.7. The number of rotatable bonds is 5. The molecule has 0 bridgehead atoms. The highest BCUT2D eigenvalue weighted by molar-refractivity contribution is 7.10. The maximum absolute atomic E-state index is 11.6. The van der Waals surface area contributed by atoms with Crippen LogP contribution in [0.25, 0.3) is 11.3 Å². The Kier molecular flexibility index (Phi) is 7.11. The number of hydrogen-bond donors (Lipinski definition) is 1. The van der Waals surface area contributed by atoms with Crippen LogP contribution in [0.15, 0.2) is 23.6 Å². The van der Waals surface area contributed by atoms with Crippen molar-refractivity contribution >= 4 is 17.4 Å². The van der Waals surface area contributed by atoms with Crippen LogP contribution < -0.4 is 0 Å². The maximum Gasteiger partial charge on any atom is 0.407 e. The lowest BCUT2D eigenvalue weighted by Crippen LogP contribution is -2.49. The minimum absolute atomic E-state index is 0.204. The molecule has 1 saturated heterocycles. The number of likely N-dealkylation sites (tertiary alicyclic amines) is 1. The van der Waals surface area contributed by atoms with E-state index in [1.54, 1.807) is 16.2 Å². The number of fused-ring (bicyclic) bond motifs is 1. The Morgan fingerprint density at radius 2 is 1.74 bits per heavy atom. The number of nitrogens with zero attached hydrogens (tertiary/aromatic N) is 3. The summed E-state index contributed by atoms with van der Waals surface area (Å²) in [5.74, 6) is 0.496. The molecule has 0 radical (unpaired) electrons. The highest BCUT2D eigenvalue weighted by atomic mass is 32.1. The van der Waals surface area contributed by atoms with E-state index in [0.29, 0.717) is 12.5 Å². The van der Waals surface area contributed by atoms with Crippen molar-refractivity contribution in [1.82, 2.24) is 14.8 Å². The quantitative estimate of drug-likeness (QED) is 0.478. The van der Waals surface area contributed by atoms with Gasteiger partial charge in [0.25, 0.3) is 0 Å². The Morgan fingerprint density at radius 1 is 1.11 bits per heavy atom. The predicted molar refractivity (Wildman–Crippen MR) is 146 cm³/mol. The molecule has 1 amide bonds. The predicted octanol–water partition coefficient (Wildman–Crippen LogP) is 7.12. The van der Waals surface area contributed by atoms with E-state index < -0.39 is 6.09 Å². The molecule has 1 aliphatic heterocycles. The molecule has 1 aliphatic carbocycles. The largest absolute Gasteiger partial charge is 0.465 e. The Bertz CT molecular complexity index is 1060.